The molecule has 2 N–H and O–H groups in total. The Hall–Kier alpha value is -1.71. The minimum atomic E-state index is 0.575. The SMILES string of the molecule is CCc1nncn1CCNC(=NCC1CCCN1CC)NCCCN1CCOCC1. The molecule has 170 valence electrons. The maximum atomic E-state index is 5.43. The molecule has 2 saturated heterocycles. The molecule has 30 heavy (non-hydrogen) atoms. The molecule has 1 unspecified atom stereocenters. The number of nitrogens with one attached hydrogen (secondary N) is 2. The number of nitrogens with zero attached hydrogens (tertiary/aromatic N) is 6. The summed E-state index contributed by atoms with van der Waals surface area (Å²) >= 11 is 0. The Morgan fingerprint density at radius 2 is 2.00 bits per heavy atom. The van der Waals surface area contributed by atoms with Crippen LogP contribution in [0.3, 0.4) is 0 Å². The van der Waals surface area contributed by atoms with Gasteiger partial charge in [-0.1, -0.05) is 13.8 Å². The molecule has 2 fully saturated rings. The highest BCUT2D eigenvalue weighted by Gasteiger charge is 2.22. The zero-order valence-electron chi connectivity index (χ0n) is 18.9. The molecule has 0 aliphatic carbocycles. The van der Waals surface area contributed by atoms with Crippen LogP contribution in [0.1, 0.15) is 38.9 Å². The van der Waals surface area contributed by atoms with Crippen molar-refractivity contribution >= 4 is 5.96 Å². The van der Waals surface area contributed by atoms with Crippen LogP contribution in [-0.4, -0.2) is 102 Å². The van der Waals surface area contributed by atoms with E-state index in [1.54, 1.807) is 0 Å². The molecule has 9 heteroatoms. The molecule has 0 radical (unpaired) electrons. The van der Waals surface area contributed by atoms with Crippen molar-refractivity contribution in [1.82, 2.24) is 35.2 Å². The Morgan fingerprint density at radius 1 is 1.17 bits per heavy atom. The van der Waals surface area contributed by atoms with Crippen LogP contribution in [0.5, 0.6) is 0 Å². The lowest BCUT2D eigenvalue weighted by Gasteiger charge is -2.26. The number of rotatable bonds is 11. The monoisotopic (exact) mass is 420 g/mol. The van der Waals surface area contributed by atoms with E-state index in [4.69, 9.17) is 9.73 Å². The van der Waals surface area contributed by atoms with Crippen molar-refractivity contribution in [1.29, 1.82) is 0 Å². The molecule has 0 amide bonds. The molecule has 0 saturated carbocycles. The van der Waals surface area contributed by atoms with Crippen molar-refractivity contribution < 1.29 is 4.74 Å². The Balaban J connectivity index is 1.46. The molecule has 0 spiro atoms. The second-order valence-electron chi connectivity index (χ2n) is 8.07. The van der Waals surface area contributed by atoms with E-state index < -0.39 is 0 Å². The number of aromatic nitrogens is 3. The summed E-state index contributed by atoms with van der Waals surface area (Å²) in [5, 5.41) is 15.2. The Morgan fingerprint density at radius 3 is 2.80 bits per heavy atom. The predicted octanol–water partition coefficient (Wildman–Crippen LogP) is 0.582. The average Bonchev–Trinajstić information content (AvgIpc) is 3.43. The molecule has 0 aromatic carbocycles. The fraction of sp³-hybridized carbons (Fsp3) is 0.857. The first kappa shape index (κ1) is 23.0. The number of likely N-dealkylation sites (tertiary alicyclic amines) is 1. The van der Waals surface area contributed by atoms with E-state index in [0.717, 1.165) is 90.2 Å². The summed E-state index contributed by atoms with van der Waals surface area (Å²) < 4.78 is 7.54. The molecule has 2 aliphatic rings. The van der Waals surface area contributed by atoms with Gasteiger partial charge in [-0.15, -0.1) is 10.2 Å². The summed E-state index contributed by atoms with van der Waals surface area (Å²) in [5.74, 6) is 1.95. The lowest BCUT2D eigenvalue weighted by molar-refractivity contribution is 0.0376. The molecule has 1 aromatic heterocycles. The number of aryl methyl sites for hydroxylation is 1. The van der Waals surface area contributed by atoms with Gasteiger partial charge in [-0.25, -0.2) is 0 Å². The Labute approximate surface area is 181 Å². The normalized spacial score (nSPS) is 21.3. The van der Waals surface area contributed by atoms with E-state index in [-0.39, 0.29) is 0 Å². The van der Waals surface area contributed by atoms with Gasteiger partial charge in [-0.2, -0.15) is 0 Å². The third-order valence-electron chi connectivity index (χ3n) is 6.07. The highest BCUT2D eigenvalue weighted by atomic mass is 16.5. The van der Waals surface area contributed by atoms with Gasteiger partial charge in [0, 0.05) is 45.2 Å². The van der Waals surface area contributed by atoms with E-state index in [1.165, 1.54) is 19.4 Å². The van der Waals surface area contributed by atoms with Crippen LogP contribution in [0.15, 0.2) is 11.3 Å². The van der Waals surface area contributed by atoms with Crippen LogP contribution < -0.4 is 10.6 Å². The molecule has 3 heterocycles. The number of guanidine groups is 1. The number of hydrogen-bond donors (Lipinski definition) is 2. The van der Waals surface area contributed by atoms with Crippen molar-refractivity contribution in [3.63, 3.8) is 0 Å². The fourth-order valence-corrected chi connectivity index (χ4v) is 4.26. The van der Waals surface area contributed by atoms with Crippen molar-refractivity contribution in [2.75, 3.05) is 65.6 Å². The quantitative estimate of drug-likeness (QED) is 0.308. The van der Waals surface area contributed by atoms with Crippen LogP contribution in [0.4, 0.5) is 0 Å². The summed E-state index contributed by atoms with van der Waals surface area (Å²) in [4.78, 5) is 9.95. The third kappa shape index (κ3) is 7.21. The molecular formula is C21H40N8O. The van der Waals surface area contributed by atoms with Crippen LogP contribution in [0.25, 0.3) is 0 Å². The van der Waals surface area contributed by atoms with Gasteiger partial charge in [0.2, 0.25) is 0 Å². The van der Waals surface area contributed by atoms with Gasteiger partial charge < -0.3 is 19.9 Å². The Kier molecular flexibility index (Phi) is 9.85. The van der Waals surface area contributed by atoms with E-state index in [0.29, 0.717) is 6.04 Å². The first-order valence-corrected chi connectivity index (χ1v) is 11.7. The fourth-order valence-electron chi connectivity index (χ4n) is 4.26. The molecule has 9 nitrogen and oxygen atoms in total. The van der Waals surface area contributed by atoms with Crippen LogP contribution in [-0.2, 0) is 17.7 Å². The summed E-state index contributed by atoms with van der Waals surface area (Å²) in [6.45, 7) is 15.0. The average molecular weight is 421 g/mol. The Bertz CT molecular complexity index is 628. The van der Waals surface area contributed by atoms with Crippen molar-refractivity contribution in [2.24, 2.45) is 4.99 Å². The topological polar surface area (TPSA) is 82.8 Å². The lowest BCUT2D eigenvalue weighted by Crippen LogP contribution is -2.42. The van der Waals surface area contributed by atoms with E-state index in [9.17, 15) is 0 Å². The minimum Gasteiger partial charge on any atom is -0.379 e. The second kappa shape index (κ2) is 12.9. The zero-order valence-corrected chi connectivity index (χ0v) is 18.9. The first-order valence-electron chi connectivity index (χ1n) is 11.7. The van der Waals surface area contributed by atoms with Gasteiger partial charge in [0.15, 0.2) is 5.96 Å². The number of aliphatic imine (C=N–C) groups is 1. The number of ether oxygens (including phenoxy) is 1. The van der Waals surface area contributed by atoms with Gasteiger partial charge in [0.1, 0.15) is 12.2 Å². The minimum absolute atomic E-state index is 0.575. The van der Waals surface area contributed by atoms with E-state index >= 15 is 0 Å². The smallest absolute Gasteiger partial charge is 0.191 e. The number of morpholine rings is 1. The highest BCUT2D eigenvalue weighted by molar-refractivity contribution is 5.79. The summed E-state index contributed by atoms with van der Waals surface area (Å²) in [6.07, 6.45) is 6.36. The van der Waals surface area contributed by atoms with E-state index in [1.807, 2.05) is 6.33 Å². The van der Waals surface area contributed by atoms with E-state index in [2.05, 4.69) is 49.0 Å². The predicted molar refractivity (Wildman–Crippen MR) is 120 cm³/mol. The summed E-state index contributed by atoms with van der Waals surface area (Å²) in [7, 11) is 0. The number of hydrogen-bond acceptors (Lipinski definition) is 6. The van der Waals surface area contributed by atoms with Crippen molar-refractivity contribution in [3.05, 3.63) is 12.2 Å². The molecule has 1 atom stereocenters. The molecule has 0 bridgehead atoms. The van der Waals surface area contributed by atoms with Crippen LogP contribution in [0.2, 0.25) is 0 Å². The summed E-state index contributed by atoms with van der Waals surface area (Å²) in [5.41, 5.74) is 0. The zero-order chi connectivity index (χ0) is 21.0. The van der Waals surface area contributed by atoms with Crippen LogP contribution >= 0.6 is 0 Å². The van der Waals surface area contributed by atoms with Gasteiger partial charge >= 0.3 is 0 Å². The van der Waals surface area contributed by atoms with Crippen molar-refractivity contribution in [2.45, 2.75) is 52.1 Å². The third-order valence-corrected chi connectivity index (χ3v) is 6.07. The molecule has 2 aliphatic heterocycles. The standard InChI is InChI=1S/C21H40N8O/c1-3-20-26-25-18-29(20)12-9-23-21(24-17-19-7-5-11-28(19)4-2)22-8-6-10-27-13-15-30-16-14-27/h18-19H,3-17H2,1-2H3,(H2,22,23,24). The first-order chi connectivity index (χ1) is 14.8. The maximum Gasteiger partial charge on any atom is 0.191 e. The summed E-state index contributed by atoms with van der Waals surface area (Å²) in [6, 6.07) is 0.575. The van der Waals surface area contributed by atoms with Gasteiger partial charge in [0.05, 0.1) is 19.8 Å². The molecule has 1 aromatic rings. The maximum absolute atomic E-state index is 5.43. The highest BCUT2D eigenvalue weighted by Crippen LogP contribution is 2.16. The lowest BCUT2D eigenvalue weighted by atomic mass is 10.2. The largest absolute Gasteiger partial charge is 0.379 e. The van der Waals surface area contributed by atoms with Gasteiger partial charge in [-0.3, -0.25) is 14.8 Å². The van der Waals surface area contributed by atoms with Crippen LogP contribution in [0, 0.1) is 0 Å². The molecular weight excluding hydrogens is 380 g/mol. The number of likely N-dealkylation sites (N-methyl/N-ethyl adjacent to an activating group) is 1. The van der Waals surface area contributed by atoms with Gasteiger partial charge in [0.25, 0.3) is 0 Å². The second-order valence-corrected chi connectivity index (χ2v) is 8.07. The van der Waals surface area contributed by atoms with Gasteiger partial charge in [-0.05, 0) is 38.9 Å². The molecule has 3 rings (SSSR count). The van der Waals surface area contributed by atoms with Crippen molar-refractivity contribution in [3.8, 4) is 0 Å².